The van der Waals surface area contributed by atoms with E-state index in [4.69, 9.17) is 5.26 Å². The summed E-state index contributed by atoms with van der Waals surface area (Å²) in [6, 6.07) is 7.07. The highest BCUT2D eigenvalue weighted by Crippen LogP contribution is 2.20. The predicted molar refractivity (Wildman–Crippen MR) is 78.1 cm³/mol. The van der Waals surface area contributed by atoms with E-state index in [1.165, 1.54) is 0 Å². The third-order valence-corrected chi connectivity index (χ3v) is 3.43. The normalized spacial score (nSPS) is 18.1. The maximum atomic E-state index is 12.7. The molecule has 4 nitrogen and oxygen atoms in total. The van der Waals surface area contributed by atoms with Crippen molar-refractivity contribution in [2.45, 2.75) is 26.8 Å². The van der Waals surface area contributed by atoms with Gasteiger partial charge in [0.2, 0.25) is 0 Å². The van der Waals surface area contributed by atoms with Crippen LogP contribution in [-0.2, 0) is 0 Å². The van der Waals surface area contributed by atoms with Gasteiger partial charge in [0.25, 0.3) is 0 Å². The second kappa shape index (κ2) is 5.89. The highest BCUT2D eigenvalue weighted by Gasteiger charge is 2.27. The van der Waals surface area contributed by atoms with Crippen molar-refractivity contribution in [3.63, 3.8) is 0 Å². The Labute approximate surface area is 119 Å². The van der Waals surface area contributed by atoms with Crippen molar-refractivity contribution in [3.8, 4) is 6.07 Å². The topological polar surface area (TPSA) is 64.9 Å². The summed E-state index contributed by atoms with van der Waals surface area (Å²) >= 11 is 0. The molecule has 0 aliphatic carbocycles. The highest BCUT2D eigenvalue weighted by atomic mass is 16.1. The molecule has 2 N–H and O–H groups in total. The molecule has 0 radical (unpaired) electrons. The summed E-state index contributed by atoms with van der Waals surface area (Å²) in [6.45, 7) is 6.60. The number of nitrogens with one attached hydrogen (secondary N) is 2. The van der Waals surface area contributed by atoms with Crippen LogP contribution < -0.4 is 10.6 Å². The van der Waals surface area contributed by atoms with Gasteiger partial charge in [0.15, 0.2) is 5.78 Å². The van der Waals surface area contributed by atoms with Crippen LogP contribution in [0.3, 0.4) is 0 Å². The first-order valence-corrected chi connectivity index (χ1v) is 6.75. The van der Waals surface area contributed by atoms with E-state index in [-0.39, 0.29) is 17.7 Å². The van der Waals surface area contributed by atoms with E-state index < -0.39 is 0 Å². The van der Waals surface area contributed by atoms with Gasteiger partial charge in [0.1, 0.15) is 0 Å². The van der Waals surface area contributed by atoms with E-state index in [1.54, 1.807) is 12.1 Å². The summed E-state index contributed by atoms with van der Waals surface area (Å²) in [5, 5.41) is 15.3. The van der Waals surface area contributed by atoms with E-state index in [0.29, 0.717) is 17.8 Å². The van der Waals surface area contributed by atoms with Crippen molar-refractivity contribution in [2.75, 3.05) is 6.67 Å². The molecule has 1 heterocycles. The molecule has 1 aliphatic heterocycles. The molecule has 1 aromatic carbocycles. The minimum atomic E-state index is -0.315. The number of hydrogen-bond donors (Lipinski definition) is 2. The summed E-state index contributed by atoms with van der Waals surface area (Å²) in [6.07, 6.45) is 1.92. The van der Waals surface area contributed by atoms with Crippen LogP contribution in [0.2, 0.25) is 0 Å². The Hall–Kier alpha value is -2.12. The van der Waals surface area contributed by atoms with Crippen LogP contribution in [0.4, 0.5) is 0 Å². The third kappa shape index (κ3) is 2.89. The van der Waals surface area contributed by atoms with Crippen molar-refractivity contribution in [1.82, 2.24) is 10.6 Å². The summed E-state index contributed by atoms with van der Waals surface area (Å²) in [7, 11) is 0. The monoisotopic (exact) mass is 269 g/mol. The number of rotatable bonds is 3. The Kier molecular flexibility index (Phi) is 4.21. The van der Waals surface area contributed by atoms with E-state index in [9.17, 15) is 4.79 Å². The van der Waals surface area contributed by atoms with Gasteiger partial charge in [-0.15, -0.1) is 0 Å². The van der Waals surface area contributed by atoms with E-state index >= 15 is 0 Å². The molecule has 0 saturated heterocycles. The predicted octanol–water partition coefficient (Wildman–Crippen LogP) is 2.11. The number of benzene rings is 1. The van der Waals surface area contributed by atoms with Gasteiger partial charge >= 0.3 is 0 Å². The number of aryl methyl sites for hydroxylation is 1. The van der Waals surface area contributed by atoms with E-state index in [2.05, 4.69) is 30.6 Å². The smallest absolute Gasteiger partial charge is 0.184 e. The number of Topliss-reactive ketones (excluding diaryl/α,β-unsaturated/α-hetero) is 1. The number of carbonyl (C=O) groups excluding carboxylic acids is 1. The van der Waals surface area contributed by atoms with Crippen LogP contribution in [0.25, 0.3) is 0 Å². The molecule has 1 aliphatic rings. The number of ketones is 1. The quantitative estimate of drug-likeness (QED) is 0.825. The molecule has 2 rings (SSSR count). The van der Waals surface area contributed by atoms with Crippen LogP contribution in [0, 0.1) is 24.2 Å². The van der Waals surface area contributed by atoms with Crippen molar-refractivity contribution in [3.05, 3.63) is 46.7 Å². The molecule has 0 fully saturated rings. The van der Waals surface area contributed by atoms with Crippen molar-refractivity contribution in [2.24, 2.45) is 5.92 Å². The first-order chi connectivity index (χ1) is 9.52. The Balaban J connectivity index is 2.36. The molecule has 1 atom stereocenters. The molecule has 0 saturated carbocycles. The van der Waals surface area contributed by atoms with Crippen LogP contribution in [0.5, 0.6) is 0 Å². The standard InChI is InChI=1S/C16H19N3O/c1-10(2)14-8-18-9-19-15(14)16(20)13-5-11(3)4-12(6-13)7-17/h4-6,8,10,15,18-19H,9H2,1-3H3. The second-order valence-electron chi connectivity index (χ2n) is 5.38. The Morgan fingerprint density at radius 2 is 2.15 bits per heavy atom. The van der Waals surface area contributed by atoms with Gasteiger partial charge in [-0.25, -0.2) is 0 Å². The molecule has 1 aromatic rings. The Morgan fingerprint density at radius 3 is 2.80 bits per heavy atom. The fourth-order valence-electron chi connectivity index (χ4n) is 2.43. The lowest BCUT2D eigenvalue weighted by molar-refractivity contribution is 0.0951. The minimum Gasteiger partial charge on any atom is -0.378 e. The molecular weight excluding hydrogens is 250 g/mol. The zero-order chi connectivity index (χ0) is 14.7. The largest absolute Gasteiger partial charge is 0.378 e. The SMILES string of the molecule is Cc1cc(C#N)cc(C(=O)C2NCNC=C2C(C)C)c1. The molecule has 1 unspecified atom stereocenters. The zero-order valence-corrected chi connectivity index (χ0v) is 12.0. The summed E-state index contributed by atoms with van der Waals surface area (Å²) in [5.74, 6) is 0.302. The molecule has 104 valence electrons. The van der Waals surface area contributed by atoms with Crippen LogP contribution in [-0.4, -0.2) is 18.5 Å². The highest BCUT2D eigenvalue weighted by molar-refractivity contribution is 6.02. The number of hydrogen-bond acceptors (Lipinski definition) is 4. The molecule has 0 spiro atoms. The lowest BCUT2D eigenvalue weighted by atomic mass is 9.89. The van der Waals surface area contributed by atoms with Gasteiger partial charge in [0.05, 0.1) is 24.3 Å². The fourth-order valence-corrected chi connectivity index (χ4v) is 2.43. The van der Waals surface area contributed by atoms with Gasteiger partial charge in [-0.3, -0.25) is 10.1 Å². The second-order valence-corrected chi connectivity index (χ2v) is 5.38. The summed E-state index contributed by atoms with van der Waals surface area (Å²) < 4.78 is 0. The fraction of sp³-hybridized carbons (Fsp3) is 0.375. The first-order valence-electron chi connectivity index (χ1n) is 6.75. The molecule has 0 bridgehead atoms. The van der Waals surface area contributed by atoms with Crippen molar-refractivity contribution >= 4 is 5.78 Å². The van der Waals surface area contributed by atoms with Crippen molar-refractivity contribution in [1.29, 1.82) is 5.26 Å². The number of nitriles is 1. The van der Waals surface area contributed by atoms with Crippen LogP contribution in [0.1, 0.15) is 35.3 Å². The maximum Gasteiger partial charge on any atom is 0.184 e. The van der Waals surface area contributed by atoms with Gasteiger partial charge in [-0.1, -0.05) is 13.8 Å². The Bertz CT molecular complexity index is 596. The Morgan fingerprint density at radius 1 is 1.40 bits per heavy atom. The average Bonchev–Trinajstić information content (AvgIpc) is 2.45. The lowest BCUT2D eigenvalue weighted by Crippen LogP contribution is -2.47. The zero-order valence-electron chi connectivity index (χ0n) is 12.0. The van der Waals surface area contributed by atoms with Gasteiger partial charge in [-0.2, -0.15) is 5.26 Å². The first kappa shape index (κ1) is 14.3. The van der Waals surface area contributed by atoms with Gasteiger partial charge < -0.3 is 5.32 Å². The van der Waals surface area contributed by atoms with Gasteiger partial charge in [0, 0.05) is 5.56 Å². The summed E-state index contributed by atoms with van der Waals surface area (Å²) in [5.41, 5.74) is 3.09. The van der Waals surface area contributed by atoms with Crippen LogP contribution in [0.15, 0.2) is 30.0 Å². The third-order valence-electron chi connectivity index (χ3n) is 3.43. The average molecular weight is 269 g/mol. The molecule has 20 heavy (non-hydrogen) atoms. The summed E-state index contributed by atoms with van der Waals surface area (Å²) in [4.78, 5) is 12.7. The van der Waals surface area contributed by atoms with Gasteiger partial charge in [-0.05, 0) is 48.4 Å². The van der Waals surface area contributed by atoms with Crippen LogP contribution >= 0.6 is 0 Å². The van der Waals surface area contributed by atoms with Crippen molar-refractivity contribution < 1.29 is 4.79 Å². The molecule has 4 heteroatoms. The number of nitrogens with zero attached hydrogens (tertiary/aromatic N) is 1. The minimum absolute atomic E-state index is 0.0200. The molecular formula is C16H19N3O. The lowest BCUT2D eigenvalue weighted by Gasteiger charge is -2.28. The molecule has 0 amide bonds. The molecule has 0 aromatic heterocycles. The van der Waals surface area contributed by atoms with E-state index in [0.717, 1.165) is 11.1 Å². The van der Waals surface area contributed by atoms with E-state index in [1.807, 2.05) is 19.2 Å². The maximum absolute atomic E-state index is 12.7. The number of carbonyl (C=O) groups is 1.